The summed E-state index contributed by atoms with van der Waals surface area (Å²) in [7, 11) is 0. The van der Waals surface area contributed by atoms with Crippen molar-refractivity contribution < 1.29 is 56.5 Å². The number of phenols is 1. The Labute approximate surface area is 185 Å². The monoisotopic (exact) mass is 354 g/mol. The number of aryl methyl sites for hydroxylation is 1. The fourth-order valence-corrected chi connectivity index (χ4v) is 2.82. The minimum Gasteiger partial charge on any atom is -0.505 e. The summed E-state index contributed by atoms with van der Waals surface area (Å²) >= 11 is 6.32. The molecular weight excluding hydrogens is 335 g/mol. The van der Waals surface area contributed by atoms with Crippen molar-refractivity contribution in [2.24, 2.45) is 5.73 Å². The molecule has 23 heavy (non-hydrogen) atoms. The number of hydrogen-bond donors (Lipinski definition) is 3. The van der Waals surface area contributed by atoms with Gasteiger partial charge >= 0.3 is 51.4 Å². The number of anilines is 1. The van der Waals surface area contributed by atoms with Gasteiger partial charge in [0.1, 0.15) is 5.75 Å². The average molecular weight is 355 g/mol. The summed E-state index contributed by atoms with van der Waals surface area (Å²) in [6, 6.07) is 9.29. The van der Waals surface area contributed by atoms with Crippen LogP contribution in [0.15, 0.2) is 36.4 Å². The maximum absolute atomic E-state index is 10.5. The minimum absolute atomic E-state index is 0. The van der Waals surface area contributed by atoms with Crippen LogP contribution in [0.1, 0.15) is 28.3 Å². The third-order valence-corrected chi connectivity index (χ3v) is 4.08. The molecular formula is C18H20ClKN2O. The van der Waals surface area contributed by atoms with Gasteiger partial charge in [-0.2, -0.15) is 0 Å². The van der Waals surface area contributed by atoms with E-state index in [9.17, 15) is 5.11 Å². The molecule has 1 aliphatic rings. The number of nitrogens with two attached hydrogens (primary N) is 1. The summed E-state index contributed by atoms with van der Waals surface area (Å²) in [6.07, 6.45) is 3.88. The molecule has 5 heteroatoms. The van der Waals surface area contributed by atoms with E-state index in [0.29, 0.717) is 22.8 Å². The topological polar surface area (TPSA) is 58.3 Å². The normalized spacial score (nSPS) is 13.2. The van der Waals surface area contributed by atoms with Gasteiger partial charge in [-0.1, -0.05) is 53.6 Å². The van der Waals surface area contributed by atoms with Crippen LogP contribution in [-0.2, 0) is 0 Å². The van der Waals surface area contributed by atoms with Crippen LogP contribution in [-0.4, -0.2) is 11.7 Å². The van der Waals surface area contributed by atoms with Crippen LogP contribution < -0.4 is 62.4 Å². The van der Waals surface area contributed by atoms with Crippen molar-refractivity contribution in [2.75, 3.05) is 11.9 Å². The van der Waals surface area contributed by atoms with Crippen LogP contribution in [0.2, 0.25) is 5.02 Å². The first-order valence-electron chi connectivity index (χ1n) is 6.86. The van der Waals surface area contributed by atoms with E-state index in [1.807, 2.05) is 43.3 Å². The van der Waals surface area contributed by atoms with Crippen molar-refractivity contribution in [3.05, 3.63) is 71.1 Å². The van der Waals surface area contributed by atoms with Crippen molar-refractivity contribution in [3.63, 3.8) is 0 Å². The van der Waals surface area contributed by atoms with Gasteiger partial charge < -0.3 is 23.6 Å². The Hall–Kier alpha value is -0.334. The average Bonchev–Trinajstić information content (AvgIpc) is 2.51. The first-order chi connectivity index (χ1) is 10.1. The van der Waals surface area contributed by atoms with Crippen molar-refractivity contribution in [1.82, 2.24) is 0 Å². The summed E-state index contributed by atoms with van der Waals surface area (Å²) in [5.74, 6) is 0.173. The Bertz CT molecular complexity index is 714. The fourth-order valence-electron chi connectivity index (χ4n) is 2.54. The van der Waals surface area contributed by atoms with Crippen molar-refractivity contribution >= 4 is 23.4 Å². The molecule has 0 aromatic heterocycles. The predicted octanol–water partition coefficient (Wildman–Crippen LogP) is 1.30. The SMILES string of the molecule is Cc1ccc(C(N)c2cc(Cl)c3c(c2O)NCC=C3)cc1.[CH3-].[K+]. The second kappa shape index (κ2) is 8.67. The Balaban J connectivity index is 0.00000132. The molecule has 3 nitrogen and oxygen atoms in total. The quantitative estimate of drug-likeness (QED) is 0.433. The molecule has 1 unspecified atom stereocenters. The molecule has 1 aliphatic heterocycles. The van der Waals surface area contributed by atoms with E-state index < -0.39 is 6.04 Å². The number of fused-ring (bicyclic) bond motifs is 1. The molecule has 116 valence electrons. The van der Waals surface area contributed by atoms with E-state index in [1.165, 1.54) is 5.56 Å². The molecule has 1 atom stereocenters. The Morgan fingerprint density at radius 1 is 1.26 bits per heavy atom. The summed E-state index contributed by atoms with van der Waals surface area (Å²) in [4.78, 5) is 0. The van der Waals surface area contributed by atoms with Crippen LogP contribution in [0.3, 0.4) is 0 Å². The van der Waals surface area contributed by atoms with Crippen LogP contribution in [0.4, 0.5) is 5.69 Å². The van der Waals surface area contributed by atoms with Gasteiger partial charge in [0.25, 0.3) is 0 Å². The zero-order valence-electron chi connectivity index (χ0n) is 13.7. The number of nitrogens with one attached hydrogen (secondary N) is 1. The molecule has 0 radical (unpaired) electrons. The third-order valence-electron chi connectivity index (χ3n) is 3.77. The molecule has 1 heterocycles. The summed E-state index contributed by atoms with van der Waals surface area (Å²) < 4.78 is 0. The van der Waals surface area contributed by atoms with Gasteiger partial charge in [0.2, 0.25) is 0 Å². The van der Waals surface area contributed by atoms with E-state index >= 15 is 0 Å². The predicted molar refractivity (Wildman–Crippen MR) is 94.3 cm³/mol. The van der Waals surface area contributed by atoms with E-state index in [0.717, 1.165) is 11.1 Å². The first-order valence-corrected chi connectivity index (χ1v) is 7.23. The standard InChI is InChI=1S/C17H17ClN2O.CH3.K/c1-10-4-6-11(7-5-10)15(19)13-9-14(18)12-3-2-8-20-16(12)17(13)21;;/h2-7,9,15,20-21H,8,19H2,1H3;1H3;/q;-1;+1. The van der Waals surface area contributed by atoms with Gasteiger partial charge in [0.15, 0.2) is 0 Å². The number of benzene rings is 2. The van der Waals surface area contributed by atoms with Crippen molar-refractivity contribution in [3.8, 4) is 5.75 Å². The van der Waals surface area contributed by atoms with Crippen LogP contribution in [0.5, 0.6) is 5.75 Å². The second-order valence-corrected chi connectivity index (χ2v) is 5.66. The maximum atomic E-state index is 10.5. The Morgan fingerprint density at radius 2 is 1.91 bits per heavy atom. The number of rotatable bonds is 2. The van der Waals surface area contributed by atoms with E-state index in [2.05, 4.69) is 5.32 Å². The largest absolute Gasteiger partial charge is 1.00 e. The van der Waals surface area contributed by atoms with Crippen LogP contribution >= 0.6 is 11.6 Å². The second-order valence-electron chi connectivity index (χ2n) is 5.26. The molecule has 4 N–H and O–H groups in total. The number of halogens is 1. The first kappa shape index (κ1) is 20.7. The van der Waals surface area contributed by atoms with Gasteiger partial charge in [-0.05, 0) is 18.6 Å². The molecule has 0 amide bonds. The van der Waals surface area contributed by atoms with Gasteiger partial charge in [0.05, 0.1) is 16.8 Å². The van der Waals surface area contributed by atoms with Crippen molar-refractivity contribution in [2.45, 2.75) is 13.0 Å². The summed E-state index contributed by atoms with van der Waals surface area (Å²) in [5.41, 5.74) is 10.5. The van der Waals surface area contributed by atoms with Crippen molar-refractivity contribution in [1.29, 1.82) is 0 Å². The van der Waals surface area contributed by atoms with Gasteiger partial charge in [-0.25, -0.2) is 0 Å². The van der Waals surface area contributed by atoms with Gasteiger partial charge in [-0.15, -0.1) is 0 Å². The third kappa shape index (κ3) is 4.20. The van der Waals surface area contributed by atoms with Crippen LogP contribution in [0.25, 0.3) is 6.08 Å². The molecule has 0 saturated heterocycles. The molecule has 0 saturated carbocycles. The molecule has 3 rings (SSSR count). The minimum atomic E-state index is -0.416. The molecule has 0 bridgehead atoms. The van der Waals surface area contributed by atoms with E-state index in [1.54, 1.807) is 6.07 Å². The van der Waals surface area contributed by atoms with Crippen LogP contribution in [0, 0.1) is 14.4 Å². The Morgan fingerprint density at radius 3 is 2.57 bits per heavy atom. The molecule has 2 aromatic carbocycles. The van der Waals surface area contributed by atoms with E-state index in [-0.39, 0.29) is 64.6 Å². The maximum Gasteiger partial charge on any atom is 1.00 e. The van der Waals surface area contributed by atoms with Gasteiger partial charge in [-0.3, -0.25) is 0 Å². The molecule has 0 aliphatic carbocycles. The molecule has 0 spiro atoms. The number of aromatic hydroxyl groups is 1. The Kier molecular flexibility index (Phi) is 7.81. The smallest absolute Gasteiger partial charge is 0.505 e. The summed E-state index contributed by atoms with van der Waals surface area (Å²) in [6.45, 7) is 2.69. The zero-order valence-corrected chi connectivity index (χ0v) is 17.6. The zero-order chi connectivity index (χ0) is 15.0. The molecule has 2 aromatic rings. The number of hydrogen-bond acceptors (Lipinski definition) is 3. The fraction of sp³-hybridized carbons (Fsp3) is 0.167. The van der Waals surface area contributed by atoms with Gasteiger partial charge in [0, 0.05) is 17.7 Å². The molecule has 0 fully saturated rings. The van der Waals surface area contributed by atoms with E-state index in [4.69, 9.17) is 17.3 Å². The number of phenolic OH excluding ortho intramolecular Hbond substituents is 1. The summed E-state index contributed by atoms with van der Waals surface area (Å²) in [5, 5.41) is 14.2.